The number of rotatable bonds is 3. The second-order valence-corrected chi connectivity index (χ2v) is 8.39. The van der Waals surface area contributed by atoms with Crippen LogP contribution in [-0.4, -0.2) is 25.4 Å². The molecule has 0 fully saturated rings. The largest absolute Gasteiger partial charge is 0.384 e. The highest BCUT2D eigenvalue weighted by Crippen LogP contribution is 2.48. The minimum Gasteiger partial charge on any atom is -0.376 e. The zero-order valence-corrected chi connectivity index (χ0v) is 14.6. The maximum atomic E-state index is 15.0. The first-order valence-electron chi connectivity index (χ1n) is 6.97. The van der Waals surface area contributed by atoms with Crippen molar-refractivity contribution in [2.24, 2.45) is 0 Å². The second kappa shape index (κ2) is 5.87. The monoisotopic (exact) mass is 418 g/mol. The summed E-state index contributed by atoms with van der Waals surface area (Å²) in [5.41, 5.74) is -2.83. The van der Waals surface area contributed by atoms with Crippen LogP contribution < -0.4 is 0 Å². The molecule has 0 amide bonds. The van der Waals surface area contributed by atoms with Gasteiger partial charge in [-0.25, -0.2) is 8.42 Å². The molecule has 8 heteroatoms. The fraction of sp³-hybridized carbons (Fsp3) is 0.250. The summed E-state index contributed by atoms with van der Waals surface area (Å²) in [7, 11) is -5.13. The molecular formula is C16H13BrF2O4S. The summed E-state index contributed by atoms with van der Waals surface area (Å²) in [5.74, 6) is 0. The van der Waals surface area contributed by atoms with E-state index in [1.54, 1.807) is 6.07 Å². The third-order valence-corrected chi connectivity index (χ3v) is 6.36. The Labute approximate surface area is 146 Å². The van der Waals surface area contributed by atoms with Crippen LogP contribution in [0.1, 0.15) is 11.1 Å². The molecule has 0 aliphatic carbocycles. The molecule has 128 valence electrons. The molecule has 1 N–H and O–H groups in total. The molecule has 2 aromatic rings. The molecule has 1 aliphatic rings. The topological polar surface area (TPSA) is 63.6 Å². The molecule has 0 saturated heterocycles. The van der Waals surface area contributed by atoms with Gasteiger partial charge >= 0.3 is 5.25 Å². The third kappa shape index (κ3) is 2.48. The molecule has 1 heterocycles. The first-order valence-corrected chi connectivity index (χ1v) is 9.24. The molecule has 4 nitrogen and oxygen atoms in total. The fourth-order valence-corrected chi connectivity index (χ4v) is 4.44. The average Bonchev–Trinajstić information content (AvgIpc) is 2.56. The molecule has 1 aliphatic heterocycles. The second-order valence-electron chi connectivity index (χ2n) is 5.49. The van der Waals surface area contributed by atoms with Gasteiger partial charge in [0.2, 0.25) is 9.84 Å². The molecule has 3 rings (SSSR count). The van der Waals surface area contributed by atoms with Crippen LogP contribution in [0, 0.1) is 0 Å². The van der Waals surface area contributed by atoms with E-state index < -0.39 is 32.2 Å². The highest BCUT2D eigenvalue weighted by molar-refractivity contribution is 9.10. The van der Waals surface area contributed by atoms with Gasteiger partial charge in [0.05, 0.1) is 18.1 Å². The van der Waals surface area contributed by atoms with Gasteiger partial charge < -0.3 is 9.84 Å². The molecule has 0 spiro atoms. The quantitative estimate of drug-likeness (QED) is 0.830. The lowest BCUT2D eigenvalue weighted by Gasteiger charge is -2.39. The number of hydrogen-bond acceptors (Lipinski definition) is 4. The summed E-state index contributed by atoms with van der Waals surface area (Å²) >= 11 is 3.16. The Bertz CT molecular complexity index is 871. The molecule has 0 bridgehead atoms. The van der Waals surface area contributed by atoms with E-state index in [1.807, 2.05) is 0 Å². The van der Waals surface area contributed by atoms with Crippen molar-refractivity contribution in [3.05, 3.63) is 64.1 Å². The van der Waals surface area contributed by atoms with Crippen molar-refractivity contribution in [2.75, 3.05) is 6.61 Å². The molecule has 24 heavy (non-hydrogen) atoms. The maximum Gasteiger partial charge on any atom is 0.384 e. The van der Waals surface area contributed by atoms with Gasteiger partial charge in [0, 0.05) is 4.47 Å². The van der Waals surface area contributed by atoms with E-state index in [4.69, 9.17) is 4.74 Å². The predicted molar refractivity (Wildman–Crippen MR) is 86.3 cm³/mol. The van der Waals surface area contributed by atoms with Crippen molar-refractivity contribution in [1.29, 1.82) is 0 Å². The number of aliphatic hydroxyl groups is 1. The molecule has 2 aromatic carbocycles. The predicted octanol–water partition coefficient (Wildman–Crippen LogP) is 3.23. The van der Waals surface area contributed by atoms with Gasteiger partial charge in [0.25, 0.3) is 0 Å². The highest BCUT2D eigenvalue weighted by atomic mass is 79.9. The minimum absolute atomic E-state index is 0.0202. The summed E-state index contributed by atoms with van der Waals surface area (Å²) in [6.45, 7) is -0.804. The van der Waals surface area contributed by atoms with Crippen LogP contribution in [0.25, 0.3) is 0 Å². The van der Waals surface area contributed by atoms with E-state index in [-0.39, 0.29) is 12.2 Å². The Hall–Kier alpha value is -1.35. The Kier molecular flexibility index (Phi) is 4.28. The van der Waals surface area contributed by atoms with E-state index >= 15 is 8.78 Å². The van der Waals surface area contributed by atoms with Crippen molar-refractivity contribution in [1.82, 2.24) is 0 Å². The lowest BCUT2D eigenvalue weighted by molar-refractivity contribution is -0.179. The molecule has 1 unspecified atom stereocenters. The number of alkyl halides is 2. The zero-order valence-electron chi connectivity index (χ0n) is 12.2. The van der Waals surface area contributed by atoms with Gasteiger partial charge in [0.1, 0.15) is 0 Å². The fourth-order valence-electron chi connectivity index (χ4n) is 2.66. The summed E-state index contributed by atoms with van der Waals surface area (Å²) in [6, 6.07) is 10.8. The van der Waals surface area contributed by atoms with Crippen LogP contribution in [0.15, 0.2) is 57.9 Å². The summed E-state index contributed by atoms with van der Waals surface area (Å²) in [5, 5.41) is 6.22. The summed E-state index contributed by atoms with van der Waals surface area (Å²) < 4.78 is 60.5. The van der Waals surface area contributed by atoms with Crippen molar-refractivity contribution in [3.63, 3.8) is 0 Å². The lowest BCUT2D eigenvalue weighted by atomic mass is 9.89. The first kappa shape index (κ1) is 17.5. The van der Waals surface area contributed by atoms with Gasteiger partial charge in [-0.1, -0.05) is 40.2 Å². The Morgan fingerprint density at radius 3 is 2.50 bits per heavy atom. The summed E-state index contributed by atoms with van der Waals surface area (Å²) in [6.07, 6.45) is 0. The van der Waals surface area contributed by atoms with Crippen molar-refractivity contribution in [2.45, 2.75) is 22.4 Å². The van der Waals surface area contributed by atoms with Crippen LogP contribution in [0.2, 0.25) is 0 Å². The van der Waals surface area contributed by atoms with E-state index in [2.05, 4.69) is 15.9 Å². The summed E-state index contributed by atoms with van der Waals surface area (Å²) in [4.78, 5) is -0.564. The molecule has 0 aromatic heterocycles. The Morgan fingerprint density at radius 1 is 1.17 bits per heavy atom. The first-order chi connectivity index (χ1) is 11.2. The Balaban J connectivity index is 2.19. The van der Waals surface area contributed by atoms with Gasteiger partial charge in [-0.3, -0.25) is 0 Å². The van der Waals surface area contributed by atoms with Crippen LogP contribution in [0.4, 0.5) is 8.78 Å². The number of benzene rings is 2. The van der Waals surface area contributed by atoms with Gasteiger partial charge in [0.15, 0.2) is 5.60 Å². The lowest BCUT2D eigenvalue weighted by Crippen LogP contribution is -2.55. The number of ether oxygens (including phenoxy) is 1. The van der Waals surface area contributed by atoms with Crippen molar-refractivity contribution >= 4 is 25.8 Å². The van der Waals surface area contributed by atoms with Crippen LogP contribution >= 0.6 is 15.9 Å². The van der Waals surface area contributed by atoms with Gasteiger partial charge in [-0.05, 0) is 35.4 Å². The van der Waals surface area contributed by atoms with Gasteiger partial charge in [-0.15, -0.1) is 0 Å². The average molecular weight is 419 g/mol. The molecule has 0 saturated carbocycles. The van der Waals surface area contributed by atoms with Crippen LogP contribution in [-0.2, 0) is 26.8 Å². The van der Waals surface area contributed by atoms with E-state index in [0.717, 1.165) is 12.1 Å². The number of fused-ring (bicyclic) bond motifs is 1. The molecule has 1 atom stereocenters. The highest BCUT2D eigenvalue weighted by Gasteiger charge is 2.65. The zero-order chi connectivity index (χ0) is 17.6. The van der Waals surface area contributed by atoms with E-state index in [1.165, 1.54) is 30.3 Å². The van der Waals surface area contributed by atoms with Crippen molar-refractivity contribution in [3.8, 4) is 0 Å². The number of hydrogen-bond donors (Lipinski definition) is 1. The normalized spacial score (nSPS) is 21.3. The molecule has 0 radical (unpaired) electrons. The van der Waals surface area contributed by atoms with Gasteiger partial charge in [-0.2, -0.15) is 8.78 Å². The smallest absolute Gasteiger partial charge is 0.376 e. The number of sulfone groups is 1. The SMILES string of the molecule is O=S(=O)(c1ccccc1)C(F)(F)C1(O)COCc2ccc(Br)cc21. The third-order valence-electron chi connectivity index (χ3n) is 3.96. The minimum atomic E-state index is -5.13. The van der Waals surface area contributed by atoms with E-state index in [9.17, 15) is 13.5 Å². The van der Waals surface area contributed by atoms with Crippen molar-refractivity contribution < 1.29 is 27.0 Å². The Morgan fingerprint density at radius 2 is 1.83 bits per heavy atom. The standard InChI is InChI=1S/C16H13BrF2O4S/c17-12-7-6-11-9-23-10-15(20,14(11)8-12)16(18,19)24(21,22)13-4-2-1-3-5-13/h1-8,20H,9-10H2. The van der Waals surface area contributed by atoms with Crippen LogP contribution in [0.3, 0.4) is 0 Å². The molecular weight excluding hydrogens is 406 g/mol. The number of halogens is 3. The maximum absolute atomic E-state index is 15.0. The van der Waals surface area contributed by atoms with E-state index in [0.29, 0.717) is 10.0 Å². The van der Waals surface area contributed by atoms with Crippen LogP contribution in [0.5, 0.6) is 0 Å².